The van der Waals surface area contributed by atoms with Gasteiger partial charge in [0.2, 0.25) is 17.5 Å². The van der Waals surface area contributed by atoms with E-state index in [4.69, 9.17) is 4.74 Å². The van der Waals surface area contributed by atoms with Gasteiger partial charge >= 0.3 is 0 Å². The van der Waals surface area contributed by atoms with Crippen LogP contribution in [0.4, 0.5) is 5.69 Å². The van der Waals surface area contributed by atoms with Gasteiger partial charge in [-0.1, -0.05) is 66.7 Å². The summed E-state index contributed by atoms with van der Waals surface area (Å²) in [7, 11) is 1.54. The largest absolute Gasteiger partial charge is 0.448 e. The van der Waals surface area contributed by atoms with Gasteiger partial charge in [0.15, 0.2) is 23.1 Å². The topological polar surface area (TPSA) is 97.8 Å². The lowest BCUT2D eigenvalue weighted by Gasteiger charge is -2.40. The zero-order chi connectivity index (χ0) is 24.9. The Hall–Kier alpha value is -4.91. The first-order valence-electron chi connectivity index (χ1n) is 11.3. The molecular formula is C29H15NO6. The van der Waals surface area contributed by atoms with E-state index in [1.54, 1.807) is 48.5 Å². The van der Waals surface area contributed by atoms with Gasteiger partial charge in [-0.2, -0.15) is 0 Å². The number of hydrogen-bond acceptors (Lipinski definition) is 6. The fourth-order valence-corrected chi connectivity index (χ4v) is 5.85. The molecule has 7 rings (SSSR count). The molecule has 7 nitrogen and oxygen atoms in total. The molecule has 0 radical (unpaired) electrons. The second kappa shape index (κ2) is 6.60. The van der Waals surface area contributed by atoms with Crippen LogP contribution in [0.15, 0.2) is 95.5 Å². The Kier molecular flexibility index (Phi) is 3.75. The van der Waals surface area contributed by atoms with E-state index in [1.165, 1.54) is 36.2 Å². The number of anilines is 1. The van der Waals surface area contributed by atoms with E-state index < -0.39 is 46.0 Å². The summed E-state index contributed by atoms with van der Waals surface area (Å²) in [4.78, 5) is 71.0. The number of fused-ring (bicyclic) bond motifs is 6. The highest BCUT2D eigenvalue weighted by atomic mass is 16.5. The zero-order valence-corrected chi connectivity index (χ0v) is 18.8. The molecule has 172 valence electrons. The fraction of sp³-hybridized carbons (Fsp3) is 0.0690. The van der Waals surface area contributed by atoms with E-state index in [1.807, 2.05) is 0 Å². The minimum atomic E-state index is -2.01. The van der Waals surface area contributed by atoms with Gasteiger partial charge in [0.05, 0.1) is 11.1 Å². The van der Waals surface area contributed by atoms with Gasteiger partial charge < -0.3 is 9.64 Å². The van der Waals surface area contributed by atoms with Crippen molar-refractivity contribution < 1.29 is 28.7 Å². The Morgan fingerprint density at radius 3 is 1.50 bits per heavy atom. The number of para-hydroxylation sites is 1. The molecule has 0 aromatic heterocycles. The average Bonchev–Trinajstić information content (AvgIpc) is 3.12. The van der Waals surface area contributed by atoms with E-state index in [-0.39, 0.29) is 33.4 Å². The number of amides is 1. The van der Waals surface area contributed by atoms with Crippen molar-refractivity contribution in [3.63, 3.8) is 0 Å². The van der Waals surface area contributed by atoms with Gasteiger partial charge in [0, 0.05) is 40.6 Å². The summed E-state index contributed by atoms with van der Waals surface area (Å²) >= 11 is 0. The molecule has 0 unspecified atom stereocenters. The number of nitrogens with zero attached hydrogens (tertiary/aromatic N) is 1. The van der Waals surface area contributed by atoms with Crippen molar-refractivity contribution in [2.24, 2.45) is 0 Å². The molecule has 2 aliphatic heterocycles. The molecule has 0 fully saturated rings. The highest BCUT2D eigenvalue weighted by Gasteiger charge is 2.65. The van der Waals surface area contributed by atoms with Gasteiger partial charge in [-0.25, -0.2) is 0 Å². The van der Waals surface area contributed by atoms with E-state index in [2.05, 4.69) is 0 Å². The molecule has 4 aliphatic rings. The molecular weight excluding hydrogens is 458 g/mol. The minimum absolute atomic E-state index is 0.113. The second-order valence-corrected chi connectivity index (χ2v) is 9.05. The third-order valence-corrected chi connectivity index (χ3v) is 7.40. The fourth-order valence-electron chi connectivity index (χ4n) is 5.85. The van der Waals surface area contributed by atoms with Crippen molar-refractivity contribution >= 4 is 34.7 Å². The van der Waals surface area contributed by atoms with Crippen LogP contribution in [0, 0.1) is 0 Å². The predicted molar refractivity (Wildman–Crippen MR) is 127 cm³/mol. The SMILES string of the molecule is CN1C(=O)C2(C3=C(OC4=C2C(=O)c2ccccc2C4=O)C(=O)c2ccccc2C3=O)c2ccccc21. The van der Waals surface area contributed by atoms with E-state index in [0.717, 1.165) is 0 Å². The Morgan fingerprint density at radius 1 is 0.583 bits per heavy atom. The summed E-state index contributed by atoms with van der Waals surface area (Å²) in [5.41, 5.74) is -1.19. The monoisotopic (exact) mass is 473 g/mol. The third-order valence-electron chi connectivity index (χ3n) is 7.40. The first-order valence-corrected chi connectivity index (χ1v) is 11.3. The molecule has 1 spiro atoms. The number of ether oxygens (including phenoxy) is 1. The van der Waals surface area contributed by atoms with Crippen LogP contribution in [-0.2, 0) is 14.9 Å². The van der Waals surface area contributed by atoms with Crippen LogP contribution in [0.25, 0.3) is 0 Å². The molecule has 0 saturated heterocycles. The molecule has 3 aromatic rings. The van der Waals surface area contributed by atoms with Crippen LogP contribution in [0.1, 0.15) is 47.0 Å². The maximum absolute atomic E-state index is 14.3. The molecule has 2 heterocycles. The zero-order valence-electron chi connectivity index (χ0n) is 18.8. The molecule has 3 aromatic carbocycles. The first kappa shape index (κ1) is 20.5. The molecule has 0 atom stereocenters. The van der Waals surface area contributed by atoms with Crippen LogP contribution in [-0.4, -0.2) is 36.1 Å². The van der Waals surface area contributed by atoms with Gasteiger partial charge in [0.25, 0.3) is 0 Å². The standard InChI is InChI=1S/C29H15NO6/c1-30-19-13-7-6-12-18(19)29(28(30)35)20-22(31)14-8-2-4-10-16(14)24(33)26(20)36-27-21(29)23(32)15-9-3-5-11-17(15)25(27)34/h2-13H,1H3. The molecule has 2 aliphatic carbocycles. The number of likely N-dealkylation sites (N-methyl/N-ethyl adjacent to an activating group) is 1. The molecule has 7 heteroatoms. The number of Topliss-reactive ketones (excluding diaryl/α,β-unsaturated/α-hetero) is 4. The first-order chi connectivity index (χ1) is 17.4. The smallest absolute Gasteiger partial charge is 0.247 e. The van der Waals surface area contributed by atoms with Crippen molar-refractivity contribution in [3.05, 3.63) is 123 Å². The van der Waals surface area contributed by atoms with Gasteiger partial charge in [-0.05, 0) is 6.07 Å². The molecule has 36 heavy (non-hydrogen) atoms. The number of carbonyl (C=O) groups excluding carboxylic acids is 5. The van der Waals surface area contributed by atoms with Gasteiger partial charge in [-0.3, -0.25) is 24.0 Å². The van der Waals surface area contributed by atoms with E-state index in [9.17, 15) is 24.0 Å². The van der Waals surface area contributed by atoms with E-state index in [0.29, 0.717) is 11.3 Å². The van der Waals surface area contributed by atoms with Crippen molar-refractivity contribution in [1.82, 2.24) is 0 Å². The number of benzene rings is 3. The Balaban J connectivity index is 1.64. The van der Waals surface area contributed by atoms with Crippen LogP contribution >= 0.6 is 0 Å². The summed E-state index contributed by atoms with van der Waals surface area (Å²) in [5, 5.41) is 0. The van der Waals surface area contributed by atoms with Crippen molar-refractivity contribution in [3.8, 4) is 0 Å². The highest BCUT2D eigenvalue weighted by molar-refractivity contribution is 6.37. The quantitative estimate of drug-likeness (QED) is 0.495. The van der Waals surface area contributed by atoms with Crippen LogP contribution < -0.4 is 4.90 Å². The average molecular weight is 473 g/mol. The maximum Gasteiger partial charge on any atom is 0.247 e. The number of carbonyl (C=O) groups is 5. The van der Waals surface area contributed by atoms with Crippen LogP contribution in [0.2, 0.25) is 0 Å². The number of allylic oxidation sites excluding steroid dienone is 2. The molecule has 1 amide bonds. The number of ketones is 4. The molecule has 0 N–H and O–H groups in total. The Bertz CT molecular complexity index is 1630. The third kappa shape index (κ3) is 2.12. The predicted octanol–water partition coefficient (Wildman–Crippen LogP) is 3.60. The van der Waals surface area contributed by atoms with Crippen LogP contribution in [0.3, 0.4) is 0 Å². The van der Waals surface area contributed by atoms with Crippen molar-refractivity contribution in [2.45, 2.75) is 5.41 Å². The lowest BCUT2D eigenvalue weighted by atomic mass is 9.60. The normalized spacial score (nSPS) is 19.1. The number of rotatable bonds is 0. The maximum atomic E-state index is 14.3. The molecule has 0 saturated carbocycles. The van der Waals surface area contributed by atoms with Crippen LogP contribution in [0.5, 0.6) is 0 Å². The van der Waals surface area contributed by atoms with Crippen molar-refractivity contribution in [2.75, 3.05) is 11.9 Å². The lowest BCUT2D eigenvalue weighted by Crippen LogP contribution is -2.52. The summed E-state index contributed by atoms with van der Waals surface area (Å²) in [6, 6.07) is 19.3. The van der Waals surface area contributed by atoms with Gasteiger partial charge in [-0.15, -0.1) is 0 Å². The summed E-state index contributed by atoms with van der Waals surface area (Å²) in [5.74, 6) is -3.82. The lowest BCUT2D eigenvalue weighted by molar-refractivity contribution is -0.120. The summed E-state index contributed by atoms with van der Waals surface area (Å²) in [6.07, 6.45) is 0. The Labute approximate surface area is 204 Å². The Morgan fingerprint density at radius 2 is 1.00 bits per heavy atom. The van der Waals surface area contributed by atoms with Crippen molar-refractivity contribution in [1.29, 1.82) is 0 Å². The second-order valence-electron chi connectivity index (χ2n) is 9.05. The van der Waals surface area contributed by atoms with Gasteiger partial charge in [0.1, 0.15) is 5.41 Å². The number of hydrogen-bond donors (Lipinski definition) is 0. The summed E-state index contributed by atoms with van der Waals surface area (Å²) < 4.78 is 5.91. The highest BCUT2D eigenvalue weighted by Crippen LogP contribution is 2.58. The molecule has 0 bridgehead atoms. The summed E-state index contributed by atoms with van der Waals surface area (Å²) in [6.45, 7) is 0. The minimum Gasteiger partial charge on any atom is -0.448 e. The van der Waals surface area contributed by atoms with E-state index >= 15 is 0 Å².